The van der Waals surface area contributed by atoms with Crippen molar-refractivity contribution in [2.75, 3.05) is 23.7 Å². The van der Waals surface area contributed by atoms with Crippen LogP contribution in [0.2, 0.25) is 0 Å². The molecule has 0 aliphatic heterocycles. The number of hydrogen-bond donors (Lipinski definition) is 1. The van der Waals surface area contributed by atoms with Crippen molar-refractivity contribution < 1.29 is 0 Å². The van der Waals surface area contributed by atoms with E-state index in [2.05, 4.69) is 12.1 Å². The smallest absolute Gasteiger partial charge is 0.0992 e. The van der Waals surface area contributed by atoms with Crippen molar-refractivity contribution in [2.45, 2.75) is 13.8 Å². The zero-order valence-corrected chi connectivity index (χ0v) is 10.1. The van der Waals surface area contributed by atoms with Crippen molar-refractivity contribution >= 4 is 11.4 Å². The van der Waals surface area contributed by atoms with Gasteiger partial charge in [0, 0.05) is 13.1 Å². The molecule has 0 aliphatic rings. The Hall–Kier alpha value is -2.20. The number of nitriles is 2. The minimum absolute atomic E-state index is 0.0509. The standard InChI is InChI=1S/C13H16N4/c1-3-17(9-10(2)7-14)13-5-4-11(8-15)6-12(13)16/h4-6,10H,3,9,16H2,1-2H3. The molecule has 1 rings (SSSR count). The Labute approximate surface area is 102 Å². The lowest BCUT2D eigenvalue weighted by atomic mass is 10.1. The molecule has 1 aromatic carbocycles. The van der Waals surface area contributed by atoms with Crippen LogP contribution in [0.15, 0.2) is 18.2 Å². The summed E-state index contributed by atoms with van der Waals surface area (Å²) in [6.45, 7) is 5.31. The van der Waals surface area contributed by atoms with Gasteiger partial charge in [-0.15, -0.1) is 0 Å². The summed E-state index contributed by atoms with van der Waals surface area (Å²) in [4.78, 5) is 2.05. The zero-order chi connectivity index (χ0) is 12.8. The second-order valence-electron chi connectivity index (χ2n) is 3.95. The largest absolute Gasteiger partial charge is 0.397 e. The maximum absolute atomic E-state index is 8.83. The van der Waals surface area contributed by atoms with E-state index in [1.54, 1.807) is 12.1 Å². The topological polar surface area (TPSA) is 76.8 Å². The lowest BCUT2D eigenvalue weighted by Crippen LogP contribution is -2.28. The molecule has 1 unspecified atom stereocenters. The molecular formula is C13H16N4. The van der Waals surface area contributed by atoms with Gasteiger partial charge in [0.05, 0.1) is 35.0 Å². The maximum atomic E-state index is 8.83. The summed E-state index contributed by atoms with van der Waals surface area (Å²) in [6, 6.07) is 9.50. The third kappa shape index (κ3) is 3.12. The van der Waals surface area contributed by atoms with E-state index in [-0.39, 0.29) is 5.92 Å². The summed E-state index contributed by atoms with van der Waals surface area (Å²) >= 11 is 0. The Balaban J connectivity index is 2.98. The van der Waals surface area contributed by atoms with Crippen LogP contribution in [0.1, 0.15) is 19.4 Å². The molecule has 0 amide bonds. The van der Waals surface area contributed by atoms with Gasteiger partial charge in [0.2, 0.25) is 0 Å². The number of benzene rings is 1. The van der Waals surface area contributed by atoms with Crippen molar-refractivity contribution in [3.63, 3.8) is 0 Å². The molecule has 2 N–H and O–H groups in total. The van der Waals surface area contributed by atoms with Gasteiger partial charge in [0.25, 0.3) is 0 Å². The predicted molar refractivity (Wildman–Crippen MR) is 68.2 cm³/mol. The summed E-state index contributed by atoms with van der Waals surface area (Å²) < 4.78 is 0. The monoisotopic (exact) mass is 228 g/mol. The van der Waals surface area contributed by atoms with Crippen molar-refractivity contribution in [2.24, 2.45) is 5.92 Å². The lowest BCUT2D eigenvalue weighted by Gasteiger charge is -2.25. The van der Waals surface area contributed by atoms with Gasteiger partial charge in [0.15, 0.2) is 0 Å². The van der Waals surface area contributed by atoms with Crippen molar-refractivity contribution in [1.82, 2.24) is 0 Å². The first-order chi connectivity index (χ1) is 8.12. The Kier molecular flexibility index (Phi) is 4.37. The SMILES string of the molecule is CCN(CC(C)C#N)c1ccc(C#N)cc1N. The number of nitrogens with zero attached hydrogens (tertiary/aromatic N) is 3. The highest BCUT2D eigenvalue weighted by Gasteiger charge is 2.11. The first-order valence-electron chi connectivity index (χ1n) is 5.56. The maximum Gasteiger partial charge on any atom is 0.0992 e. The van der Waals surface area contributed by atoms with Crippen LogP contribution in [0.4, 0.5) is 11.4 Å². The highest BCUT2D eigenvalue weighted by atomic mass is 15.1. The predicted octanol–water partition coefficient (Wildman–Crippen LogP) is 2.13. The summed E-state index contributed by atoms with van der Waals surface area (Å²) in [5.74, 6) is -0.0509. The Morgan fingerprint density at radius 2 is 2.12 bits per heavy atom. The highest BCUT2D eigenvalue weighted by molar-refractivity contribution is 5.69. The third-order valence-electron chi connectivity index (χ3n) is 2.59. The molecule has 4 nitrogen and oxygen atoms in total. The minimum atomic E-state index is -0.0509. The van der Waals surface area contributed by atoms with Crippen molar-refractivity contribution in [3.05, 3.63) is 23.8 Å². The van der Waals surface area contributed by atoms with E-state index < -0.39 is 0 Å². The molecule has 0 heterocycles. The molecular weight excluding hydrogens is 212 g/mol. The molecule has 4 heteroatoms. The van der Waals surface area contributed by atoms with Crippen LogP contribution in [-0.2, 0) is 0 Å². The minimum Gasteiger partial charge on any atom is -0.397 e. The molecule has 0 saturated heterocycles. The second-order valence-corrected chi connectivity index (χ2v) is 3.95. The van der Waals surface area contributed by atoms with Crippen molar-refractivity contribution in [3.8, 4) is 12.1 Å². The average Bonchev–Trinajstić information content (AvgIpc) is 2.35. The van der Waals surface area contributed by atoms with Crippen LogP contribution in [0.25, 0.3) is 0 Å². The molecule has 0 aliphatic carbocycles. The fraction of sp³-hybridized carbons (Fsp3) is 0.385. The Morgan fingerprint density at radius 1 is 1.41 bits per heavy atom. The summed E-state index contributed by atoms with van der Waals surface area (Å²) in [5, 5.41) is 17.6. The van der Waals surface area contributed by atoms with E-state index in [9.17, 15) is 0 Å². The first kappa shape index (κ1) is 12.9. The molecule has 0 fully saturated rings. The van der Waals surface area contributed by atoms with Crippen LogP contribution in [0.3, 0.4) is 0 Å². The third-order valence-corrected chi connectivity index (χ3v) is 2.59. The number of anilines is 2. The Bertz CT molecular complexity index is 467. The normalized spacial score (nSPS) is 11.3. The van der Waals surface area contributed by atoms with E-state index in [0.29, 0.717) is 17.8 Å². The van der Waals surface area contributed by atoms with Gasteiger partial charge in [-0.2, -0.15) is 10.5 Å². The number of nitrogens with two attached hydrogens (primary N) is 1. The number of hydrogen-bond acceptors (Lipinski definition) is 4. The fourth-order valence-corrected chi connectivity index (χ4v) is 1.68. The Morgan fingerprint density at radius 3 is 2.59 bits per heavy atom. The molecule has 1 atom stereocenters. The molecule has 1 aromatic rings. The second kappa shape index (κ2) is 5.77. The van der Waals surface area contributed by atoms with Crippen LogP contribution < -0.4 is 10.6 Å². The van der Waals surface area contributed by atoms with Gasteiger partial charge in [-0.05, 0) is 32.0 Å². The van der Waals surface area contributed by atoms with Crippen molar-refractivity contribution in [1.29, 1.82) is 10.5 Å². The molecule has 88 valence electrons. The van der Waals surface area contributed by atoms with Crippen LogP contribution >= 0.6 is 0 Å². The van der Waals surface area contributed by atoms with Gasteiger partial charge in [-0.3, -0.25) is 0 Å². The quantitative estimate of drug-likeness (QED) is 0.801. The van der Waals surface area contributed by atoms with Crippen LogP contribution in [-0.4, -0.2) is 13.1 Å². The molecule has 17 heavy (non-hydrogen) atoms. The van der Waals surface area contributed by atoms with Crippen LogP contribution in [0, 0.1) is 28.6 Å². The van der Waals surface area contributed by atoms with Gasteiger partial charge in [-0.25, -0.2) is 0 Å². The summed E-state index contributed by atoms with van der Waals surface area (Å²) in [6.07, 6.45) is 0. The van der Waals surface area contributed by atoms with E-state index >= 15 is 0 Å². The van der Waals surface area contributed by atoms with Gasteiger partial charge < -0.3 is 10.6 Å². The summed E-state index contributed by atoms with van der Waals surface area (Å²) in [7, 11) is 0. The number of rotatable bonds is 4. The molecule has 0 aromatic heterocycles. The fourth-order valence-electron chi connectivity index (χ4n) is 1.68. The molecule has 0 saturated carbocycles. The highest BCUT2D eigenvalue weighted by Crippen LogP contribution is 2.24. The first-order valence-corrected chi connectivity index (χ1v) is 5.56. The lowest BCUT2D eigenvalue weighted by molar-refractivity contribution is 0.687. The molecule has 0 bridgehead atoms. The zero-order valence-electron chi connectivity index (χ0n) is 10.1. The van der Waals surface area contributed by atoms with Gasteiger partial charge in [0.1, 0.15) is 0 Å². The van der Waals surface area contributed by atoms with E-state index in [4.69, 9.17) is 16.3 Å². The molecule has 0 spiro atoms. The number of nitrogen functional groups attached to an aromatic ring is 1. The van der Waals surface area contributed by atoms with Gasteiger partial charge >= 0.3 is 0 Å². The van der Waals surface area contributed by atoms with Crippen LogP contribution in [0.5, 0.6) is 0 Å². The van der Waals surface area contributed by atoms with Gasteiger partial charge in [-0.1, -0.05) is 0 Å². The van der Waals surface area contributed by atoms with E-state index in [1.165, 1.54) is 0 Å². The molecule has 0 radical (unpaired) electrons. The van der Waals surface area contributed by atoms with E-state index in [1.807, 2.05) is 24.8 Å². The van der Waals surface area contributed by atoms with E-state index in [0.717, 1.165) is 12.2 Å². The summed E-state index contributed by atoms with van der Waals surface area (Å²) in [5.41, 5.74) is 7.93. The average molecular weight is 228 g/mol.